The van der Waals surface area contributed by atoms with Gasteiger partial charge in [-0.05, 0) is 29.3 Å². The van der Waals surface area contributed by atoms with E-state index < -0.39 is 22.4 Å². The predicted molar refractivity (Wildman–Crippen MR) is 111 cm³/mol. The van der Waals surface area contributed by atoms with Gasteiger partial charge >= 0.3 is 6.18 Å². The Kier molecular flexibility index (Phi) is 5.86. The van der Waals surface area contributed by atoms with Crippen LogP contribution in [0, 0.1) is 0 Å². The molecule has 0 saturated carbocycles. The highest BCUT2D eigenvalue weighted by molar-refractivity contribution is 7.72. The van der Waals surface area contributed by atoms with E-state index >= 15 is 0 Å². The molecular formula is C22H19F3N2O3S. The molecule has 2 aromatic carbocycles. The van der Waals surface area contributed by atoms with Crippen molar-refractivity contribution >= 4 is 16.4 Å². The quantitative estimate of drug-likeness (QED) is 0.587. The number of thiol groups is 1. The number of anilines is 1. The van der Waals surface area contributed by atoms with Crippen molar-refractivity contribution in [2.45, 2.75) is 23.6 Å². The summed E-state index contributed by atoms with van der Waals surface area (Å²) in [5.41, 5.74) is 1.47. The van der Waals surface area contributed by atoms with Crippen molar-refractivity contribution in [2.75, 3.05) is 18.0 Å². The van der Waals surface area contributed by atoms with Gasteiger partial charge in [0.1, 0.15) is 6.10 Å². The Morgan fingerprint density at radius 3 is 2.42 bits per heavy atom. The SMILES string of the molecule is O=[SH](=O)c1cc(-c2ccccc2)ccc1N1CCC(Oc2ccc(C(F)(F)F)cn2)C1. The number of aromatic nitrogens is 1. The Morgan fingerprint density at radius 1 is 1.00 bits per heavy atom. The van der Waals surface area contributed by atoms with Crippen LogP contribution in [0.5, 0.6) is 5.88 Å². The molecule has 0 spiro atoms. The molecule has 1 atom stereocenters. The second kappa shape index (κ2) is 8.58. The van der Waals surface area contributed by atoms with Gasteiger partial charge in [0.05, 0.1) is 22.7 Å². The molecule has 0 aliphatic carbocycles. The molecule has 1 saturated heterocycles. The van der Waals surface area contributed by atoms with Crippen LogP contribution in [0.25, 0.3) is 11.1 Å². The van der Waals surface area contributed by atoms with Crippen molar-refractivity contribution in [1.82, 2.24) is 4.98 Å². The molecule has 1 aliphatic rings. The van der Waals surface area contributed by atoms with Crippen LogP contribution in [0.4, 0.5) is 18.9 Å². The second-order valence-electron chi connectivity index (χ2n) is 7.18. The summed E-state index contributed by atoms with van der Waals surface area (Å²) in [7, 11) is -2.82. The molecule has 5 nitrogen and oxygen atoms in total. The van der Waals surface area contributed by atoms with Crippen molar-refractivity contribution in [3.63, 3.8) is 0 Å². The summed E-state index contributed by atoms with van der Waals surface area (Å²) < 4.78 is 67.6. The summed E-state index contributed by atoms with van der Waals surface area (Å²) in [5.74, 6) is 0.106. The van der Waals surface area contributed by atoms with Gasteiger partial charge in [-0.25, -0.2) is 13.4 Å². The van der Waals surface area contributed by atoms with Crippen molar-refractivity contribution in [3.8, 4) is 17.0 Å². The lowest BCUT2D eigenvalue weighted by atomic mass is 10.1. The number of hydrogen-bond acceptors (Lipinski definition) is 5. The van der Waals surface area contributed by atoms with Crippen LogP contribution in [0.2, 0.25) is 0 Å². The second-order valence-corrected chi connectivity index (χ2v) is 8.18. The van der Waals surface area contributed by atoms with E-state index in [0.717, 1.165) is 23.4 Å². The zero-order chi connectivity index (χ0) is 22.0. The topological polar surface area (TPSA) is 59.5 Å². The van der Waals surface area contributed by atoms with Crippen molar-refractivity contribution in [1.29, 1.82) is 0 Å². The number of alkyl halides is 3. The monoisotopic (exact) mass is 448 g/mol. The van der Waals surface area contributed by atoms with Crippen LogP contribution < -0.4 is 9.64 Å². The van der Waals surface area contributed by atoms with E-state index in [1.807, 2.05) is 41.3 Å². The number of nitrogens with zero attached hydrogens (tertiary/aromatic N) is 2. The van der Waals surface area contributed by atoms with Crippen LogP contribution >= 0.6 is 0 Å². The Morgan fingerprint density at radius 2 is 1.77 bits per heavy atom. The van der Waals surface area contributed by atoms with Crippen molar-refractivity contribution < 1.29 is 26.3 Å². The normalized spacial score (nSPS) is 16.6. The summed E-state index contributed by atoms with van der Waals surface area (Å²) in [6.45, 7) is 0.968. The van der Waals surface area contributed by atoms with Crippen molar-refractivity contribution in [3.05, 3.63) is 72.4 Å². The first-order valence-corrected chi connectivity index (χ1v) is 10.8. The van der Waals surface area contributed by atoms with E-state index in [1.165, 1.54) is 6.07 Å². The van der Waals surface area contributed by atoms with Gasteiger partial charge < -0.3 is 9.64 Å². The highest BCUT2D eigenvalue weighted by Gasteiger charge is 2.31. The minimum Gasteiger partial charge on any atom is -0.472 e. The molecule has 0 N–H and O–H groups in total. The molecule has 31 heavy (non-hydrogen) atoms. The van der Waals surface area contributed by atoms with Gasteiger partial charge in [-0.1, -0.05) is 36.4 Å². The number of rotatable bonds is 5. The average Bonchev–Trinajstić information content (AvgIpc) is 3.22. The van der Waals surface area contributed by atoms with E-state index in [1.54, 1.807) is 12.1 Å². The summed E-state index contributed by atoms with van der Waals surface area (Å²) in [5, 5.41) is 0. The molecule has 0 amide bonds. The van der Waals surface area contributed by atoms with Crippen LogP contribution in [-0.4, -0.2) is 32.6 Å². The predicted octanol–water partition coefficient (Wildman–Crippen LogP) is 4.40. The number of benzene rings is 2. The van der Waals surface area contributed by atoms with Gasteiger partial charge in [0.2, 0.25) is 5.88 Å². The minimum absolute atomic E-state index is 0.106. The maximum absolute atomic E-state index is 12.7. The molecule has 1 aromatic heterocycles. The highest BCUT2D eigenvalue weighted by atomic mass is 32.2. The first-order valence-electron chi connectivity index (χ1n) is 9.60. The molecule has 0 bridgehead atoms. The van der Waals surface area contributed by atoms with Crippen LogP contribution in [0.15, 0.2) is 71.8 Å². The van der Waals surface area contributed by atoms with E-state index in [9.17, 15) is 21.6 Å². The lowest BCUT2D eigenvalue weighted by Gasteiger charge is -2.21. The third-order valence-corrected chi connectivity index (χ3v) is 5.87. The molecule has 1 fully saturated rings. The van der Waals surface area contributed by atoms with Crippen LogP contribution in [0.1, 0.15) is 12.0 Å². The summed E-state index contributed by atoms with van der Waals surface area (Å²) in [6, 6.07) is 16.9. The summed E-state index contributed by atoms with van der Waals surface area (Å²) in [6.07, 6.45) is -3.43. The minimum atomic E-state index is -4.45. The Balaban J connectivity index is 1.50. The molecule has 9 heteroatoms. The third-order valence-electron chi connectivity index (χ3n) is 5.12. The van der Waals surface area contributed by atoms with Crippen molar-refractivity contribution in [2.24, 2.45) is 0 Å². The summed E-state index contributed by atoms with van der Waals surface area (Å²) in [4.78, 5) is 5.87. The highest BCUT2D eigenvalue weighted by Crippen LogP contribution is 2.32. The van der Waals surface area contributed by atoms with E-state index in [2.05, 4.69) is 4.98 Å². The lowest BCUT2D eigenvalue weighted by Crippen LogP contribution is -2.25. The maximum Gasteiger partial charge on any atom is 0.417 e. The molecule has 3 aromatic rings. The van der Waals surface area contributed by atoms with Gasteiger partial charge in [-0.3, -0.25) is 0 Å². The Hall–Kier alpha value is -3.07. The first-order chi connectivity index (χ1) is 14.8. The number of ether oxygens (including phenoxy) is 1. The van der Waals surface area contributed by atoms with E-state index in [-0.39, 0.29) is 16.9 Å². The standard InChI is InChI=1S/C22H19F3N2O3S/c23-22(24,25)17-7-9-21(26-13-17)30-18-10-11-27(14-18)19-8-6-16(12-20(19)31(28)29)15-4-2-1-3-5-15/h1-9,12-13,18,31H,10-11,14H2. The van der Waals surface area contributed by atoms with Gasteiger partial charge in [0.25, 0.3) is 0 Å². The molecule has 2 heterocycles. The fourth-order valence-corrected chi connectivity index (χ4v) is 4.23. The lowest BCUT2D eigenvalue weighted by molar-refractivity contribution is -0.137. The van der Waals surface area contributed by atoms with Gasteiger partial charge in [0, 0.05) is 25.2 Å². The first kappa shape index (κ1) is 21.2. The maximum atomic E-state index is 12.7. The largest absolute Gasteiger partial charge is 0.472 e. The molecule has 4 rings (SSSR count). The molecule has 0 radical (unpaired) electrons. The van der Waals surface area contributed by atoms with E-state index in [4.69, 9.17) is 4.74 Å². The summed E-state index contributed by atoms with van der Waals surface area (Å²) >= 11 is 0. The number of hydrogen-bond donors (Lipinski definition) is 1. The third kappa shape index (κ3) is 4.82. The zero-order valence-corrected chi connectivity index (χ0v) is 17.1. The molecule has 162 valence electrons. The Labute approximate surface area is 179 Å². The fourth-order valence-electron chi connectivity index (χ4n) is 3.58. The molecule has 1 aliphatic heterocycles. The molecular weight excluding hydrogens is 429 g/mol. The zero-order valence-electron chi connectivity index (χ0n) is 16.2. The number of pyridine rings is 1. The number of halogens is 3. The van der Waals surface area contributed by atoms with Gasteiger partial charge in [0.15, 0.2) is 10.7 Å². The molecule has 1 unspecified atom stereocenters. The van der Waals surface area contributed by atoms with E-state index in [0.29, 0.717) is 25.2 Å². The van der Waals surface area contributed by atoms with Gasteiger partial charge in [-0.15, -0.1) is 0 Å². The Bertz CT molecular complexity index is 1120. The van der Waals surface area contributed by atoms with Crippen LogP contribution in [0.3, 0.4) is 0 Å². The fraction of sp³-hybridized carbons (Fsp3) is 0.227. The smallest absolute Gasteiger partial charge is 0.417 e. The average molecular weight is 448 g/mol. The van der Waals surface area contributed by atoms with Gasteiger partial charge in [-0.2, -0.15) is 13.2 Å². The van der Waals surface area contributed by atoms with Crippen LogP contribution in [-0.2, 0) is 16.9 Å².